The second-order valence-corrected chi connectivity index (χ2v) is 10.9. The first kappa shape index (κ1) is 26.8. The summed E-state index contributed by atoms with van der Waals surface area (Å²) in [6, 6.07) is 23.0. The molecule has 1 aromatic heterocycles. The summed E-state index contributed by atoms with van der Waals surface area (Å²) < 4.78 is 15.5. The fourth-order valence-corrected chi connectivity index (χ4v) is 5.58. The van der Waals surface area contributed by atoms with Gasteiger partial charge in [-0.05, 0) is 65.9 Å². The molecule has 3 aromatic carbocycles. The molecule has 2 saturated heterocycles. The molecule has 2 aliphatic rings. The second-order valence-electron chi connectivity index (χ2n) is 8.40. The number of halogens is 1. The van der Waals surface area contributed by atoms with Crippen LogP contribution in [0.3, 0.4) is 0 Å². The zero-order valence-corrected chi connectivity index (χ0v) is 23.0. The van der Waals surface area contributed by atoms with Crippen molar-refractivity contribution in [3.8, 4) is 11.3 Å². The van der Waals surface area contributed by atoms with Gasteiger partial charge in [0.1, 0.15) is 13.5 Å². The van der Waals surface area contributed by atoms with E-state index in [1.165, 1.54) is 0 Å². The van der Waals surface area contributed by atoms with E-state index in [1.807, 2.05) is 66.7 Å². The van der Waals surface area contributed by atoms with Crippen LogP contribution in [0.4, 0.5) is 11.4 Å². The lowest BCUT2D eigenvalue weighted by atomic mass is 10.0. The van der Waals surface area contributed by atoms with E-state index in [0.29, 0.717) is 29.7 Å². The molecule has 0 bridgehead atoms. The first-order valence-electron chi connectivity index (χ1n) is 12.1. The molecular formula is C28H27ClN4O3S2. The molecule has 0 atom stereocenters. The predicted octanol–water partition coefficient (Wildman–Crippen LogP) is 6.46. The van der Waals surface area contributed by atoms with Gasteiger partial charge in [-0.1, -0.05) is 47.8 Å². The van der Waals surface area contributed by atoms with Gasteiger partial charge in [0.25, 0.3) is 5.91 Å². The SMILES string of the molecule is C1CSNCO1.O=C(Nc1cc(Cl)cc(-c2nccc3ccccc23)c1)c1ccc(N2COCCS2)cc1. The van der Waals surface area contributed by atoms with Crippen LogP contribution >= 0.6 is 35.5 Å². The summed E-state index contributed by atoms with van der Waals surface area (Å²) >= 11 is 9.83. The quantitative estimate of drug-likeness (QED) is 0.273. The van der Waals surface area contributed by atoms with Gasteiger partial charge in [0, 0.05) is 50.6 Å². The Bertz CT molecular complexity index is 1360. The fraction of sp³-hybridized carbons (Fsp3) is 0.214. The molecule has 3 heterocycles. The first-order chi connectivity index (χ1) is 18.7. The summed E-state index contributed by atoms with van der Waals surface area (Å²) in [5.41, 5.74) is 3.88. The van der Waals surface area contributed by atoms with E-state index >= 15 is 0 Å². The van der Waals surface area contributed by atoms with Crippen molar-refractivity contribution in [3.63, 3.8) is 0 Å². The van der Waals surface area contributed by atoms with Crippen LogP contribution in [0, 0.1) is 0 Å². The molecule has 10 heteroatoms. The van der Waals surface area contributed by atoms with Gasteiger partial charge in [-0.15, -0.1) is 0 Å². The molecule has 2 N–H and O–H groups in total. The number of fused-ring (bicyclic) bond motifs is 1. The summed E-state index contributed by atoms with van der Waals surface area (Å²) in [6.07, 6.45) is 1.78. The molecule has 0 unspecified atom stereocenters. The molecule has 2 fully saturated rings. The summed E-state index contributed by atoms with van der Waals surface area (Å²) in [5.74, 6) is 1.81. The normalized spacial score (nSPS) is 15.4. The van der Waals surface area contributed by atoms with Crippen LogP contribution in [-0.4, -0.2) is 49.1 Å². The van der Waals surface area contributed by atoms with E-state index in [2.05, 4.69) is 19.3 Å². The maximum absolute atomic E-state index is 12.9. The molecule has 0 spiro atoms. The molecule has 38 heavy (non-hydrogen) atoms. The monoisotopic (exact) mass is 566 g/mol. The van der Waals surface area contributed by atoms with Gasteiger partial charge in [0.05, 0.1) is 18.9 Å². The Kier molecular flexibility index (Phi) is 9.40. The van der Waals surface area contributed by atoms with E-state index in [9.17, 15) is 4.79 Å². The number of carbonyl (C=O) groups excluding carboxylic acids is 1. The van der Waals surface area contributed by atoms with Gasteiger partial charge in [-0.2, -0.15) is 0 Å². The lowest BCUT2D eigenvalue weighted by molar-refractivity contribution is 0.102. The Morgan fingerprint density at radius 2 is 1.84 bits per heavy atom. The Hall–Kier alpha value is -2.79. The molecular weight excluding hydrogens is 540 g/mol. The van der Waals surface area contributed by atoms with Gasteiger partial charge in [0.15, 0.2) is 0 Å². The average Bonchev–Trinajstić information content (AvgIpc) is 2.98. The summed E-state index contributed by atoms with van der Waals surface area (Å²) in [4.78, 5) is 17.4. The van der Waals surface area contributed by atoms with Gasteiger partial charge in [-0.3, -0.25) is 14.1 Å². The highest BCUT2D eigenvalue weighted by atomic mass is 35.5. The highest BCUT2D eigenvalue weighted by molar-refractivity contribution is 8.00. The molecule has 1 amide bonds. The summed E-state index contributed by atoms with van der Waals surface area (Å²) in [5, 5.41) is 5.62. The summed E-state index contributed by atoms with van der Waals surface area (Å²) in [6.45, 7) is 2.92. The molecule has 196 valence electrons. The largest absolute Gasteiger partial charge is 0.365 e. The Morgan fingerprint density at radius 3 is 2.55 bits per heavy atom. The second kappa shape index (κ2) is 13.3. The van der Waals surface area contributed by atoms with E-state index < -0.39 is 0 Å². The van der Waals surface area contributed by atoms with Gasteiger partial charge in [-0.25, -0.2) is 4.72 Å². The van der Waals surface area contributed by atoms with Crippen LogP contribution in [-0.2, 0) is 9.47 Å². The number of nitrogens with one attached hydrogen (secondary N) is 2. The predicted molar refractivity (Wildman–Crippen MR) is 159 cm³/mol. The topological polar surface area (TPSA) is 75.7 Å². The number of pyridine rings is 1. The number of carbonyl (C=O) groups is 1. The molecule has 0 saturated carbocycles. The van der Waals surface area contributed by atoms with Crippen molar-refractivity contribution in [3.05, 3.63) is 89.6 Å². The lowest BCUT2D eigenvalue weighted by Gasteiger charge is -2.27. The Morgan fingerprint density at radius 1 is 1.00 bits per heavy atom. The third-order valence-electron chi connectivity index (χ3n) is 5.80. The van der Waals surface area contributed by atoms with Crippen LogP contribution in [0.15, 0.2) is 79.0 Å². The molecule has 0 aliphatic carbocycles. The zero-order valence-electron chi connectivity index (χ0n) is 20.6. The van der Waals surface area contributed by atoms with Crippen LogP contribution in [0.25, 0.3) is 22.0 Å². The number of ether oxygens (including phenoxy) is 2. The van der Waals surface area contributed by atoms with Crippen molar-refractivity contribution in [2.24, 2.45) is 0 Å². The van der Waals surface area contributed by atoms with Gasteiger partial charge < -0.3 is 14.8 Å². The summed E-state index contributed by atoms with van der Waals surface area (Å²) in [7, 11) is 0. The number of anilines is 2. The smallest absolute Gasteiger partial charge is 0.255 e. The van der Waals surface area contributed by atoms with Crippen LogP contribution < -0.4 is 14.3 Å². The van der Waals surface area contributed by atoms with Crippen molar-refractivity contribution >= 4 is 63.6 Å². The van der Waals surface area contributed by atoms with Gasteiger partial charge >= 0.3 is 0 Å². The van der Waals surface area contributed by atoms with Crippen molar-refractivity contribution < 1.29 is 14.3 Å². The standard InChI is InChI=1S/C25H20ClN3O2S.C3H7NOS/c26-20-13-19(24-23-4-2-1-3-17(23)9-10-27-24)14-21(15-20)28-25(30)18-5-7-22(8-6-18)29-16-31-11-12-32-29;1-2-6-4-3-5-1/h1-10,13-15H,11-12,16H2,(H,28,30);4H,1-3H2. The van der Waals surface area contributed by atoms with Crippen molar-refractivity contribution in [1.82, 2.24) is 9.71 Å². The number of amides is 1. The minimum absolute atomic E-state index is 0.196. The zero-order chi connectivity index (χ0) is 26.2. The first-order valence-corrected chi connectivity index (χ1v) is 14.4. The average molecular weight is 567 g/mol. The number of rotatable bonds is 4. The van der Waals surface area contributed by atoms with E-state index in [-0.39, 0.29) is 5.91 Å². The highest BCUT2D eigenvalue weighted by Gasteiger charge is 2.14. The number of hydrogen-bond acceptors (Lipinski definition) is 8. The van der Waals surface area contributed by atoms with E-state index in [4.69, 9.17) is 21.1 Å². The maximum atomic E-state index is 12.9. The minimum atomic E-state index is -0.196. The lowest BCUT2D eigenvalue weighted by Crippen LogP contribution is -2.25. The van der Waals surface area contributed by atoms with Crippen molar-refractivity contribution in [2.75, 3.05) is 47.8 Å². The Balaban J connectivity index is 0.000000433. The number of nitrogens with zero attached hydrogens (tertiary/aromatic N) is 2. The molecule has 6 rings (SSSR count). The highest BCUT2D eigenvalue weighted by Crippen LogP contribution is 2.31. The van der Waals surface area contributed by atoms with E-state index in [1.54, 1.807) is 36.2 Å². The van der Waals surface area contributed by atoms with Crippen molar-refractivity contribution in [2.45, 2.75) is 0 Å². The fourth-order valence-electron chi connectivity index (χ4n) is 4.00. The van der Waals surface area contributed by atoms with Crippen molar-refractivity contribution in [1.29, 1.82) is 0 Å². The number of hydrogen-bond donors (Lipinski definition) is 2. The number of benzene rings is 3. The number of aromatic nitrogens is 1. The van der Waals surface area contributed by atoms with Gasteiger partial charge in [0.2, 0.25) is 0 Å². The molecule has 4 aromatic rings. The molecule has 0 radical (unpaired) electrons. The Labute approximate surface area is 235 Å². The van der Waals surface area contributed by atoms with E-state index in [0.717, 1.165) is 52.4 Å². The third kappa shape index (κ3) is 6.99. The minimum Gasteiger partial charge on any atom is -0.365 e. The third-order valence-corrected chi connectivity index (χ3v) is 7.68. The molecule has 2 aliphatic heterocycles. The van der Waals surface area contributed by atoms with Crippen LogP contribution in [0.2, 0.25) is 5.02 Å². The molecule has 7 nitrogen and oxygen atoms in total. The van der Waals surface area contributed by atoms with Crippen LogP contribution in [0.5, 0.6) is 0 Å². The maximum Gasteiger partial charge on any atom is 0.255 e. The van der Waals surface area contributed by atoms with Crippen LogP contribution in [0.1, 0.15) is 10.4 Å².